The van der Waals surface area contributed by atoms with Crippen molar-refractivity contribution < 1.29 is 19.3 Å². The summed E-state index contributed by atoms with van der Waals surface area (Å²) >= 11 is 0. The van der Waals surface area contributed by atoms with Gasteiger partial charge in [0.25, 0.3) is 0 Å². The largest absolute Gasteiger partial charge is 0.506 e. The van der Waals surface area contributed by atoms with Crippen LogP contribution < -0.4 is 14.8 Å². The molecule has 1 saturated heterocycles. The first kappa shape index (κ1) is 24.0. The molecule has 2 heterocycles. The lowest BCUT2D eigenvalue weighted by Crippen LogP contribution is -2.50. The molecule has 0 unspecified atom stereocenters. The number of benzene rings is 3. The van der Waals surface area contributed by atoms with Gasteiger partial charge in [0.2, 0.25) is 6.79 Å². The second-order valence-electron chi connectivity index (χ2n) is 8.87. The van der Waals surface area contributed by atoms with E-state index >= 15 is 0 Å². The van der Waals surface area contributed by atoms with Gasteiger partial charge in [0.1, 0.15) is 5.75 Å². The third kappa shape index (κ3) is 5.72. The van der Waals surface area contributed by atoms with Gasteiger partial charge in [0, 0.05) is 39.8 Å². The zero-order chi connectivity index (χ0) is 24.7. The lowest BCUT2D eigenvalue weighted by atomic mass is 10.0. The van der Waals surface area contributed by atoms with Crippen LogP contribution in [0.2, 0.25) is 0 Å². The van der Waals surface area contributed by atoms with Crippen molar-refractivity contribution in [3.8, 4) is 28.4 Å². The fourth-order valence-electron chi connectivity index (χ4n) is 4.44. The highest BCUT2D eigenvalue weighted by Gasteiger charge is 2.22. The molecule has 3 aromatic carbocycles. The second kappa shape index (κ2) is 11.3. The summed E-state index contributed by atoms with van der Waals surface area (Å²) in [6, 6.07) is 21.9. The van der Waals surface area contributed by atoms with E-state index in [1.54, 1.807) is 13.2 Å². The number of phenols is 1. The van der Waals surface area contributed by atoms with Crippen LogP contribution in [0.3, 0.4) is 0 Å². The summed E-state index contributed by atoms with van der Waals surface area (Å²) in [7, 11) is 1.67. The lowest BCUT2D eigenvalue weighted by molar-refractivity contribution is 0.172. The molecule has 8 heteroatoms. The van der Waals surface area contributed by atoms with Crippen LogP contribution >= 0.6 is 0 Å². The molecule has 1 fully saturated rings. The third-order valence-corrected chi connectivity index (χ3v) is 6.42. The molecule has 2 aliphatic heterocycles. The summed E-state index contributed by atoms with van der Waals surface area (Å²) in [5, 5.41) is 14.0. The van der Waals surface area contributed by atoms with Crippen molar-refractivity contribution in [3.05, 3.63) is 72.3 Å². The van der Waals surface area contributed by atoms with Crippen molar-refractivity contribution in [3.63, 3.8) is 0 Å². The van der Waals surface area contributed by atoms with Crippen LogP contribution in [0.4, 0.5) is 5.69 Å². The highest BCUT2D eigenvalue weighted by molar-refractivity contribution is 5.96. The van der Waals surface area contributed by atoms with Crippen LogP contribution in [-0.2, 0) is 11.3 Å². The number of aromatic hydroxyl groups is 1. The zero-order valence-electron chi connectivity index (χ0n) is 20.5. The summed E-state index contributed by atoms with van der Waals surface area (Å²) in [5.41, 5.74) is 3.97. The summed E-state index contributed by atoms with van der Waals surface area (Å²) in [5.74, 6) is 2.57. The van der Waals surface area contributed by atoms with Crippen molar-refractivity contribution in [2.45, 2.75) is 6.54 Å². The molecule has 5 rings (SSSR count). The van der Waals surface area contributed by atoms with Gasteiger partial charge in [-0.25, -0.2) is 0 Å². The molecule has 0 atom stereocenters. The molecule has 0 saturated carbocycles. The summed E-state index contributed by atoms with van der Waals surface area (Å²) in [6.07, 6.45) is 0. The Morgan fingerprint density at radius 1 is 0.944 bits per heavy atom. The Balaban J connectivity index is 1.26. The Morgan fingerprint density at radius 3 is 2.56 bits per heavy atom. The summed E-state index contributed by atoms with van der Waals surface area (Å²) in [6.45, 7) is 5.66. The first-order chi connectivity index (χ1) is 17.7. The van der Waals surface area contributed by atoms with Gasteiger partial charge in [-0.05, 0) is 41.0 Å². The molecular formula is C28H32N4O4. The molecule has 3 aromatic rings. The first-order valence-corrected chi connectivity index (χ1v) is 12.2. The number of fused-ring (bicyclic) bond motifs is 1. The minimum atomic E-state index is 0.190. The number of guanidine groups is 1. The van der Waals surface area contributed by atoms with E-state index in [0.717, 1.165) is 61.3 Å². The topological polar surface area (TPSA) is 78.8 Å². The van der Waals surface area contributed by atoms with Crippen LogP contribution in [0.1, 0.15) is 5.56 Å². The predicted molar refractivity (Wildman–Crippen MR) is 141 cm³/mol. The van der Waals surface area contributed by atoms with E-state index in [1.165, 1.54) is 5.56 Å². The molecule has 0 spiro atoms. The van der Waals surface area contributed by atoms with Crippen LogP contribution in [0.5, 0.6) is 17.2 Å². The van der Waals surface area contributed by atoms with E-state index < -0.39 is 0 Å². The monoisotopic (exact) mass is 488 g/mol. The van der Waals surface area contributed by atoms with E-state index in [1.807, 2.05) is 36.4 Å². The highest BCUT2D eigenvalue weighted by atomic mass is 16.7. The van der Waals surface area contributed by atoms with Gasteiger partial charge in [-0.3, -0.25) is 9.89 Å². The molecule has 36 heavy (non-hydrogen) atoms. The molecule has 0 amide bonds. The Morgan fingerprint density at radius 2 is 1.75 bits per heavy atom. The number of rotatable bonds is 7. The number of anilines is 1. The number of aliphatic imine (C=N–C) groups is 1. The molecule has 2 N–H and O–H groups in total. The fourth-order valence-corrected chi connectivity index (χ4v) is 4.44. The van der Waals surface area contributed by atoms with Gasteiger partial charge in [-0.15, -0.1) is 0 Å². The Labute approximate surface area is 211 Å². The van der Waals surface area contributed by atoms with Gasteiger partial charge in [-0.1, -0.05) is 42.5 Å². The zero-order valence-corrected chi connectivity index (χ0v) is 20.5. The molecule has 188 valence electrons. The van der Waals surface area contributed by atoms with Crippen LogP contribution in [0, 0.1) is 0 Å². The first-order valence-electron chi connectivity index (χ1n) is 12.2. The number of nitrogens with one attached hydrogen (secondary N) is 1. The number of hydrogen-bond acceptors (Lipinski definition) is 6. The molecule has 2 aliphatic rings. The smallest absolute Gasteiger partial charge is 0.231 e. The summed E-state index contributed by atoms with van der Waals surface area (Å²) < 4.78 is 16.2. The number of nitrogens with zero attached hydrogens (tertiary/aromatic N) is 3. The Hall–Kier alpha value is -3.75. The normalized spacial score (nSPS) is 15.8. The van der Waals surface area contributed by atoms with Crippen LogP contribution in [0.25, 0.3) is 11.1 Å². The fraction of sp³-hybridized carbons (Fsp3) is 0.321. The van der Waals surface area contributed by atoms with Gasteiger partial charge >= 0.3 is 0 Å². The predicted octanol–water partition coefficient (Wildman–Crippen LogP) is 4.02. The van der Waals surface area contributed by atoms with Gasteiger partial charge < -0.3 is 29.5 Å². The number of ether oxygens (including phenoxy) is 3. The average Bonchev–Trinajstić information content (AvgIpc) is 3.38. The number of phenolic OH excluding ortho intramolecular Hbond substituents is 1. The molecule has 8 nitrogen and oxygen atoms in total. The molecule has 0 bridgehead atoms. The van der Waals surface area contributed by atoms with Crippen LogP contribution in [0.15, 0.2) is 71.7 Å². The molecule has 0 aliphatic carbocycles. The molecule has 0 aromatic heterocycles. The maximum Gasteiger partial charge on any atom is 0.231 e. The third-order valence-electron chi connectivity index (χ3n) is 6.42. The van der Waals surface area contributed by atoms with Crippen molar-refractivity contribution >= 4 is 11.6 Å². The van der Waals surface area contributed by atoms with Crippen molar-refractivity contribution in [1.29, 1.82) is 0 Å². The SMILES string of the molecule is COCCN=C(Nc1cc(-c2ccccc2)ccc1O)N1CCN(Cc2ccc3c(c2)OCO3)CC1. The molecular weight excluding hydrogens is 456 g/mol. The Bertz CT molecular complexity index is 1190. The quantitative estimate of drug-likeness (QED) is 0.225. The summed E-state index contributed by atoms with van der Waals surface area (Å²) in [4.78, 5) is 9.43. The highest BCUT2D eigenvalue weighted by Crippen LogP contribution is 2.33. The number of piperazine rings is 1. The lowest BCUT2D eigenvalue weighted by Gasteiger charge is -2.36. The van der Waals surface area contributed by atoms with Gasteiger partial charge in [-0.2, -0.15) is 0 Å². The average molecular weight is 489 g/mol. The minimum Gasteiger partial charge on any atom is -0.506 e. The van der Waals surface area contributed by atoms with Gasteiger partial charge in [0.15, 0.2) is 17.5 Å². The van der Waals surface area contributed by atoms with E-state index in [4.69, 9.17) is 19.2 Å². The van der Waals surface area contributed by atoms with Crippen LogP contribution in [-0.4, -0.2) is 74.1 Å². The Kier molecular flexibility index (Phi) is 7.54. The maximum atomic E-state index is 10.6. The van der Waals surface area contributed by atoms with Crippen molar-refractivity contribution in [2.24, 2.45) is 4.99 Å². The number of hydrogen-bond donors (Lipinski definition) is 2. The van der Waals surface area contributed by atoms with E-state index in [9.17, 15) is 5.11 Å². The number of methoxy groups -OCH3 is 1. The molecule has 0 radical (unpaired) electrons. The van der Waals surface area contributed by atoms with E-state index in [2.05, 4.69) is 39.4 Å². The maximum absolute atomic E-state index is 10.6. The van der Waals surface area contributed by atoms with Crippen molar-refractivity contribution in [2.75, 3.05) is 58.6 Å². The van der Waals surface area contributed by atoms with Crippen molar-refractivity contribution in [1.82, 2.24) is 9.80 Å². The standard InChI is InChI=1S/C28H32N4O4/c1-34-16-11-29-28(30-24-18-23(8-9-25(24)33)22-5-3-2-4-6-22)32-14-12-31(13-15-32)19-21-7-10-26-27(17-21)36-20-35-26/h2-10,17-18,33H,11-16,19-20H2,1H3,(H,29,30). The second-order valence-corrected chi connectivity index (χ2v) is 8.87. The van der Waals surface area contributed by atoms with E-state index in [0.29, 0.717) is 25.6 Å². The van der Waals surface area contributed by atoms with E-state index in [-0.39, 0.29) is 5.75 Å². The van der Waals surface area contributed by atoms with Gasteiger partial charge in [0.05, 0.1) is 18.8 Å². The minimum absolute atomic E-state index is 0.190.